The number of aromatic nitrogens is 3. The summed E-state index contributed by atoms with van der Waals surface area (Å²) in [5, 5.41) is 12.1. The van der Waals surface area contributed by atoms with Crippen LogP contribution >= 0.6 is 23.1 Å². The number of furan rings is 1. The second-order valence-electron chi connectivity index (χ2n) is 6.27. The van der Waals surface area contributed by atoms with Gasteiger partial charge in [-0.25, -0.2) is 0 Å². The van der Waals surface area contributed by atoms with Gasteiger partial charge in [-0.2, -0.15) is 0 Å². The minimum absolute atomic E-state index is 0.121. The molecule has 8 heteroatoms. The lowest BCUT2D eigenvalue weighted by atomic mass is 10.2. The van der Waals surface area contributed by atoms with Gasteiger partial charge in [-0.05, 0) is 45.9 Å². The zero-order chi connectivity index (χ0) is 18.7. The van der Waals surface area contributed by atoms with E-state index in [-0.39, 0.29) is 5.78 Å². The molecule has 6 nitrogen and oxygen atoms in total. The summed E-state index contributed by atoms with van der Waals surface area (Å²) in [5.74, 6) is 1.32. The van der Waals surface area contributed by atoms with Crippen LogP contribution in [0.5, 0.6) is 0 Å². The highest BCUT2D eigenvalue weighted by Crippen LogP contribution is 2.28. The van der Waals surface area contributed by atoms with Gasteiger partial charge in [0.15, 0.2) is 10.1 Å². The summed E-state index contributed by atoms with van der Waals surface area (Å²) in [7, 11) is 0. The molecule has 0 saturated carbocycles. The Morgan fingerprint density at radius 1 is 1.38 bits per heavy atom. The highest BCUT2D eigenvalue weighted by molar-refractivity contribution is 8.01. The summed E-state index contributed by atoms with van der Waals surface area (Å²) >= 11 is 2.86. The molecular weight excluding hydrogens is 368 g/mol. The molecule has 0 spiro atoms. The smallest absolute Gasteiger partial charge is 0.206 e. The van der Waals surface area contributed by atoms with Crippen LogP contribution in [0.3, 0.4) is 0 Å². The first kappa shape index (κ1) is 18.7. The minimum atomic E-state index is 0.121. The van der Waals surface area contributed by atoms with Crippen molar-refractivity contribution in [2.24, 2.45) is 0 Å². The number of hydrogen-bond acceptors (Lipinski definition) is 7. The molecule has 3 aromatic heterocycles. The van der Waals surface area contributed by atoms with Crippen molar-refractivity contribution in [1.82, 2.24) is 14.8 Å². The molecule has 0 saturated heterocycles. The number of carbonyl (C=O) groups is 1. The molecule has 0 radical (unpaired) electrons. The number of nitrogens with one attached hydrogen (secondary N) is 1. The SMILES string of the molecule is Cc1cc(C(=O)CSc2nnc(NCc3ccco3)s2)c(C)n1C(C)C. The molecule has 0 atom stereocenters. The monoisotopic (exact) mass is 390 g/mol. The molecule has 0 aromatic carbocycles. The van der Waals surface area contributed by atoms with E-state index in [2.05, 4.69) is 33.9 Å². The molecule has 0 amide bonds. The molecule has 3 rings (SSSR count). The van der Waals surface area contributed by atoms with Crippen LogP contribution in [-0.2, 0) is 6.54 Å². The van der Waals surface area contributed by atoms with Crippen LogP contribution in [0.1, 0.15) is 47.4 Å². The molecular formula is C18H22N4O2S2. The van der Waals surface area contributed by atoms with Crippen molar-refractivity contribution >= 4 is 34.0 Å². The Morgan fingerprint density at radius 3 is 2.85 bits per heavy atom. The van der Waals surface area contributed by atoms with Crippen LogP contribution in [0.25, 0.3) is 0 Å². The fourth-order valence-corrected chi connectivity index (χ4v) is 4.61. The van der Waals surface area contributed by atoms with Gasteiger partial charge in [0.25, 0.3) is 0 Å². The van der Waals surface area contributed by atoms with Crippen LogP contribution in [0.2, 0.25) is 0 Å². The summed E-state index contributed by atoms with van der Waals surface area (Å²) in [6, 6.07) is 6.07. The number of ketones is 1. The first-order chi connectivity index (χ1) is 12.5. The highest BCUT2D eigenvalue weighted by atomic mass is 32.2. The lowest BCUT2D eigenvalue weighted by molar-refractivity contribution is 0.102. The fraction of sp³-hybridized carbons (Fsp3) is 0.389. The maximum atomic E-state index is 12.6. The Hall–Kier alpha value is -2.06. The number of thioether (sulfide) groups is 1. The lowest BCUT2D eigenvalue weighted by Crippen LogP contribution is -2.08. The topological polar surface area (TPSA) is 73.0 Å². The van der Waals surface area contributed by atoms with E-state index in [0.29, 0.717) is 23.5 Å². The van der Waals surface area contributed by atoms with E-state index in [1.165, 1.54) is 23.1 Å². The van der Waals surface area contributed by atoms with Crippen molar-refractivity contribution in [3.05, 3.63) is 47.2 Å². The minimum Gasteiger partial charge on any atom is -0.467 e. The summed E-state index contributed by atoms with van der Waals surface area (Å²) < 4.78 is 8.24. The van der Waals surface area contributed by atoms with Crippen molar-refractivity contribution in [2.45, 2.75) is 44.6 Å². The molecule has 26 heavy (non-hydrogen) atoms. The Bertz CT molecular complexity index is 881. The average Bonchev–Trinajstić information content (AvgIpc) is 3.31. The third kappa shape index (κ3) is 4.19. The molecule has 0 unspecified atom stereocenters. The zero-order valence-corrected chi connectivity index (χ0v) is 16.9. The van der Waals surface area contributed by atoms with Crippen molar-refractivity contribution < 1.29 is 9.21 Å². The van der Waals surface area contributed by atoms with Gasteiger partial charge in [0.2, 0.25) is 5.13 Å². The van der Waals surface area contributed by atoms with E-state index < -0.39 is 0 Å². The molecule has 138 valence electrons. The van der Waals surface area contributed by atoms with Gasteiger partial charge in [-0.1, -0.05) is 23.1 Å². The molecule has 3 aromatic rings. The third-order valence-corrected chi connectivity index (χ3v) is 6.04. The maximum absolute atomic E-state index is 12.6. The molecule has 0 aliphatic rings. The number of anilines is 1. The van der Waals surface area contributed by atoms with Crippen LogP contribution in [0, 0.1) is 13.8 Å². The Balaban J connectivity index is 1.57. The predicted molar refractivity (Wildman–Crippen MR) is 105 cm³/mol. The number of nitrogens with zero attached hydrogens (tertiary/aromatic N) is 3. The third-order valence-electron chi connectivity index (χ3n) is 4.03. The van der Waals surface area contributed by atoms with Gasteiger partial charge < -0.3 is 14.3 Å². The van der Waals surface area contributed by atoms with Gasteiger partial charge >= 0.3 is 0 Å². The van der Waals surface area contributed by atoms with E-state index in [9.17, 15) is 4.79 Å². The van der Waals surface area contributed by atoms with Crippen molar-refractivity contribution in [3.8, 4) is 0 Å². The van der Waals surface area contributed by atoms with Crippen LogP contribution in [-0.4, -0.2) is 26.3 Å². The maximum Gasteiger partial charge on any atom is 0.206 e. The average molecular weight is 391 g/mol. The largest absolute Gasteiger partial charge is 0.467 e. The van der Waals surface area contributed by atoms with Crippen molar-refractivity contribution in [3.63, 3.8) is 0 Å². The van der Waals surface area contributed by atoms with Gasteiger partial charge in [-0.15, -0.1) is 10.2 Å². The Morgan fingerprint density at radius 2 is 2.19 bits per heavy atom. The Kier molecular flexibility index (Phi) is 5.83. The van der Waals surface area contributed by atoms with Crippen LogP contribution in [0.4, 0.5) is 5.13 Å². The lowest BCUT2D eigenvalue weighted by Gasteiger charge is -2.13. The van der Waals surface area contributed by atoms with Crippen molar-refractivity contribution in [2.75, 3.05) is 11.1 Å². The van der Waals surface area contributed by atoms with E-state index >= 15 is 0 Å². The van der Waals surface area contributed by atoms with Crippen LogP contribution < -0.4 is 5.32 Å². The van der Waals surface area contributed by atoms with Gasteiger partial charge in [0.05, 0.1) is 18.6 Å². The molecule has 0 bridgehead atoms. The van der Waals surface area contributed by atoms with E-state index in [0.717, 1.165) is 27.1 Å². The number of carbonyl (C=O) groups excluding carboxylic acids is 1. The normalized spacial score (nSPS) is 11.3. The zero-order valence-electron chi connectivity index (χ0n) is 15.3. The summed E-state index contributed by atoms with van der Waals surface area (Å²) in [6.45, 7) is 8.86. The highest BCUT2D eigenvalue weighted by Gasteiger charge is 2.18. The molecule has 3 heterocycles. The quantitative estimate of drug-likeness (QED) is 0.443. The first-order valence-corrected chi connectivity index (χ1v) is 10.2. The number of hydrogen-bond donors (Lipinski definition) is 1. The second-order valence-corrected chi connectivity index (χ2v) is 8.47. The van der Waals surface area contributed by atoms with E-state index in [1.807, 2.05) is 32.0 Å². The number of rotatable bonds is 8. The second kappa shape index (κ2) is 8.09. The molecule has 0 fully saturated rings. The van der Waals surface area contributed by atoms with Crippen LogP contribution in [0.15, 0.2) is 33.2 Å². The fourth-order valence-electron chi connectivity index (χ4n) is 2.97. The van der Waals surface area contributed by atoms with Gasteiger partial charge in [0.1, 0.15) is 5.76 Å². The van der Waals surface area contributed by atoms with E-state index in [1.54, 1.807) is 6.26 Å². The predicted octanol–water partition coefficient (Wildman–Crippen LogP) is 4.72. The summed E-state index contributed by atoms with van der Waals surface area (Å²) in [5.41, 5.74) is 2.94. The summed E-state index contributed by atoms with van der Waals surface area (Å²) in [6.07, 6.45) is 1.64. The first-order valence-electron chi connectivity index (χ1n) is 8.40. The van der Waals surface area contributed by atoms with Gasteiger partial charge in [0, 0.05) is 23.0 Å². The van der Waals surface area contributed by atoms with Gasteiger partial charge in [-0.3, -0.25) is 4.79 Å². The number of aryl methyl sites for hydroxylation is 1. The molecule has 0 aliphatic heterocycles. The molecule has 1 N–H and O–H groups in total. The van der Waals surface area contributed by atoms with Crippen molar-refractivity contribution in [1.29, 1.82) is 0 Å². The number of Topliss-reactive ketones (excluding diaryl/α,β-unsaturated/α-hetero) is 1. The summed E-state index contributed by atoms with van der Waals surface area (Å²) in [4.78, 5) is 12.6. The Labute approximate surface area is 161 Å². The molecule has 0 aliphatic carbocycles. The standard InChI is InChI=1S/C18H22N4O2S2/c1-11(2)22-12(3)8-15(13(22)4)16(23)10-25-18-21-20-17(26-18)19-9-14-6-5-7-24-14/h5-8,11H,9-10H2,1-4H3,(H,19,20). The van der Waals surface area contributed by atoms with E-state index in [4.69, 9.17) is 4.42 Å².